The van der Waals surface area contributed by atoms with Gasteiger partial charge in [0, 0.05) is 18.7 Å². The minimum Gasteiger partial charge on any atom is -0.496 e. The average molecular weight is 328 g/mol. The first-order valence-corrected chi connectivity index (χ1v) is 7.90. The molecule has 24 heavy (non-hydrogen) atoms. The molecule has 3 N–H and O–H groups in total. The van der Waals surface area contributed by atoms with Crippen LogP contribution in [0.15, 0.2) is 30.6 Å². The van der Waals surface area contributed by atoms with Crippen LogP contribution in [0.3, 0.4) is 0 Å². The van der Waals surface area contributed by atoms with E-state index in [9.17, 15) is 9.59 Å². The van der Waals surface area contributed by atoms with Gasteiger partial charge in [-0.15, -0.1) is 0 Å². The van der Waals surface area contributed by atoms with Gasteiger partial charge in [-0.25, -0.2) is 4.98 Å². The fourth-order valence-electron chi connectivity index (χ4n) is 2.40. The Bertz CT molecular complexity index is 737. The summed E-state index contributed by atoms with van der Waals surface area (Å²) in [5, 5.41) is 5.59. The van der Waals surface area contributed by atoms with Crippen LogP contribution in [0.4, 0.5) is 0 Å². The SMILES string of the molecule is COc1ccccc1CNC(=O)c1[nH]cnc1C(=O)NCC1CC1. The fourth-order valence-corrected chi connectivity index (χ4v) is 2.40. The van der Waals surface area contributed by atoms with Gasteiger partial charge >= 0.3 is 0 Å². The smallest absolute Gasteiger partial charge is 0.272 e. The van der Waals surface area contributed by atoms with E-state index in [1.165, 1.54) is 6.33 Å². The summed E-state index contributed by atoms with van der Waals surface area (Å²) in [5.41, 5.74) is 1.14. The number of amides is 2. The van der Waals surface area contributed by atoms with Crippen molar-refractivity contribution in [3.8, 4) is 5.75 Å². The van der Waals surface area contributed by atoms with Crippen LogP contribution in [0.25, 0.3) is 0 Å². The third kappa shape index (κ3) is 3.73. The van der Waals surface area contributed by atoms with E-state index in [0.29, 0.717) is 24.8 Å². The predicted molar refractivity (Wildman–Crippen MR) is 87.8 cm³/mol. The Morgan fingerprint density at radius 3 is 2.79 bits per heavy atom. The number of ether oxygens (including phenoxy) is 1. The molecule has 126 valence electrons. The number of aromatic nitrogens is 2. The van der Waals surface area contributed by atoms with Crippen molar-refractivity contribution in [2.75, 3.05) is 13.7 Å². The third-order valence-electron chi connectivity index (χ3n) is 3.96. The number of nitrogens with zero attached hydrogens (tertiary/aromatic N) is 1. The van der Waals surface area contributed by atoms with Gasteiger partial charge in [0.25, 0.3) is 11.8 Å². The summed E-state index contributed by atoms with van der Waals surface area (Å²) < 4.78 is 5.25. The van der Waals surface area contributed by atoms with Crippen molar-refractivity contribution in [1.29, 1.82) is 0 Å². The standard InChI is InChI=1S/C17H20N4O3/c1-24-13-5-3-2-4-12(13)9-19-17(23)15-14(20-10-21-15)16(22)18-8-11-6-7-11/h2-5,10-11H,6-9H2,1H3,(H,18,22)(H,19,23)(H,20,21). The zero-order valence-corrected chi connectivity index (χ0v) is 13.5. The van der Waals surface area contributed by atoms with Crippen LogP contribution in [0.1, 0.15) is 39.4 Å². The van der Waals surface area contributed by atoms with Crippen molar-refractivity contribution < 1.29 is 14.3 Å². The number of hydrogen-bond acceptors (Lipinski definition) is 4. The van der Waals surface area contributed by atoms with Gasteiger partial charge in [0.05, 0.1) is 13.4 Å². The number of nitrogens with one attached hydrogen (secondary N) is 3. The molecule has 1 aliphatic carbocycles. The molecule has 2 amide bonds. The maximum atomic E-state index is 12.4. The number of hydrogen-bond donors (Lipinski definition) is 3. The lowest BCUT2D eigenvalue weighted by molar-refractivity contribution is 0.0911. The molecule has 1 aliphatic rings. The van der Waals surface area contributed by atoms with Crippen LogP contribution >= 0.6 is 0 Å². The van der Waals surface area contributed by atoms with Crippen molar-refractivity contribution in [2.45, 2.75) is 19.4 Å². The molecular formula is C17H20N4O3. The molecule has 1 aromatic heterocycles. The Morgan fingerprint density at radius 2 is 2.04 bits per heavy atom. The lowest BCUT2D eigenvalue weighted by Gasteiger charge is -2.09. The zero-order chi connectivity index (χ0) is 16.9. The molecule has 7 nitrogen and oxygen atoms in total. The van der Waals surface area contributed by atoms with Crippen molar-refractivity contribution in [3.05, 3.63) is 47.5 Å². The highest BCUT2D eigenvalue weighted by atomic mass is 16.5. The van der Waals surface area contributed by atoms with Gasteiger partial charge in [0.15, 0.2) is 5.69 Å². The van der Waals surface area contributed by atoms with Crippen molar-refractivity contribution in [1.82, 2.24) is 20.6 Å². The van der Waals surface area contributed by atoms with Crippen LogP contribution < -0.4 is 15.4 Å². The van der Waals surface area contributed by atoms with Crippen LogP contribution in [0, 0.1) is 5.92 Å². The van der Waals surface area contributed by atoms with E-state index in [-0.39, 0.29) is 23.2 Å². The zero-order valence-electron chi connectivity index (χ0n) is 13.5. The van der Waals surface area contributed by atoms with E-state index in [2.05, 4.69) is 20.6 Å². The number of imidazole rings is 1. The van der Waals surface area contributed by atoms with E-state index in [0.717, 1.165) is 18.4 Å². The van der Waals surface area contributed by atoms with Gasteiger partial charge < -0.3 is 20.4 Å². The normalized spacial score (nSPS) is 13.4. The molecule has 2 aromatic rings. The summed E-state index contributed by atoms with van der Waals surface area (Å²) >= 11 is 0. The lowest BCUT2D eigenvalue weighted by Crippen LogP contribution is -2.30. The molecule has 0 saturated heterocycles. The third-order valence-corrected chi connectivity index (χ3v) is 3.96. The second kappa shape index (κ2) is 7.16. The van der Waals surface area contributed by atoms with E-state index < -0.39 is 0 Å². The van der Waals surface area contributed by atoms with E-state index in [4.69, 9.17) is 4.74 Å². The van der Waals surface area contributed by atoms with E-state index >= 15 is 0 Å². The summed E-state index contributed by atoms with van der Waals surface area (Å²) in [4.78, 5) is 31.2. The van der Waals surface area contributed by atoms with E-state index in [1.807, 2.05) is 24.3 Å². The molecule has 1 aromatic carbocycles. The summed E-state index contributed by atoms with van der Waals surface area (Å²) in [7, 11) is 1.58. The first kappa shape index (κ1) is 16.0. The van der Waals surface area contributed by atoms with Gasteiger partial charge in [-0.3, -0.25) is 9.59 Å². The Labute approximate surface area is 139 Å². The molecule has 1 fully saturated rings. The number of benzene rings is 1. The predicted octanol–water partition coefficient (Wildman–Crippen LogP) is 1.49. The minimum absolute atomic E-state index is 0.119. The molecule has 3 rings (SSSR count). The highest BCUT2D eigenvalue weighted by Gasteiger charge is 2.24. The van der Waals surface area contributed by atoms with Crippen molar-refractivity contribution in [2.24, 2.45) is 5.92 Å². The number of para-hydroxylation sites is 1. The molecule has 1 heterocycles. The topological polar surface area (TPSA) is 96.1 Å². The Balaban J connectivity index is 1.62. The van der Waals surface area contributed by atoms with Crippen LogP contribution in [-0.4, -0.2) is 35.4 Å². The largest absolute Gasteiger partial charge is 0.496 e. The minimum atomic E-state index is -0.380. The first-order valence-electron chi connectivity index (χ1n) is 7.90. The van der Waals surface area contributed by atoms with Crippen LogP contribution in [0.5, 0.6) is 5.75 Å². The van der Waals surface area contributed by atoms with Crippen molar-refractivity contribution >= 4 is 11.8 Å². The summed E-state index contributed by atoms with van der Waals surface area (Å²) in [6.07, 6.45) is 3.64. The molecule has 0 atom stereocenters. The number of carbonyl (C=O) groups is 2. The van der Waals surface area contributed by atoms with Gasteiger partial charge in [0.1, 0.15) is 11.4 Å². The molecule has 0 spiro atoms. The maximum Gasteiger partial charge on any atom is 0.272 e. The molecule has 7 heteroatoms. The maximum absolute atomic E-state index is 12.4. The molecule has 0 bridgehead atoms. The Hall–Kier alpha value is -2.83. The summed E-state index contributed by atoms with van der Waals surface area (Å²) in [5.74, 6) is 0.557. The first-order chi connectivity index (χ1) is 11.7. The fraction of sp³-hybridized carbons (Fsp3) is 0.353. The molecule has 0 unspecified atom stereocenters. The summed E-state index contributed by atoms with van der Waals surface area (Å²) in [6.45, 7) is 0.930. The summed E-state index contributed by atoms with van der Waals surface area (Å²) in [6, 6.07) is 7.43. The average Bonchev–Trinajstić information content (AvgIpc) is 3.31. The Kier molecular flexibility index (Phi) is 4.79. The molecule has 0 radical (unpaired) electrons. The van der Waals surface area contributed by atoms with Gasteiger partial charge in [-0.1, -0.05) is 18.2 Å². The monoisotopic (exact) mass is 328 g/mol. The number of aromatic amines is 1. The van der Waals surface area contributed by atoms with Crippen LogP contribution in [-0.2, 0) is 6.54 Å². The lowest BCUT2D eigenvalue weighted by atomic mass is 10.2. The second-order valence-electron chi connectivity index (χ2n) is 5.77. The molecule has 1 saturated carbocycles. The van der Waals surface area contributed by atoms with Crippen molar-refractivity contribution in [3.63, 3.8) is 0 Å². The number of H-pyrrole nitrogens is 1. The van der Waals surface area contributed by atoms with Crippen LogP contribution in [0.2, 0.25) is 0 Å². The molecule has 0 aliphatic heterocycles. The molecular weight excluding hydrogens is 308 g/mol. The van der Waals surface area contributed by atoms with Gasteiger partial charge in [-0.05, 0) is 24.8 Å². The quantitative estimate of drug-likeness (QED) is 0.717. The highest BCUT2D eigenvalue weighted by molar-refractivity contribution is 6.04. The highest BCUT2D eigenvalue weighted by Crippen LogP contribution is 2.27. The van der Waals surface area contributed by atoms with Gasteiger partial charge in [0.2, 0.25) is 0 Å². The number of methoxy groups -OCH3 is 1. The van der Waals surface area contributed by atoms with Gasteiger partial charge in [-0.2, -0.15) is 0 Å². The number of carbonyl (C=O) groups excluding carboxylic acids is 2. The second-order valence-corrected chi connectivity index (χ2v) is 5.77. The number of rotatable bonds is 7. The Morgan fingerprint density at radius 1 is 1.25 bits per heavy atom. The van der Waals surface area contributed by atoms with E-state index in [1.54, 1.807) is 7.11 Å².